The highest BCUT2D eigenvalue weighted by molar-refractivity contribution is 5.78. The van der Waals surface area contributed by atoms with Crippen molar-refractivity contribution >= 4 is 5.97 Å². The summed E-state index contributed by atoms with van der Waals surface area (Å²) in [4.78, 5) is 11.1. The molecule has 0 bridgehead atoms. The van der Waals surface area contributed by atoms with Gasteiger partial charge in [0.1, 0.15) is 5.54 Å². The van der Waals surface area contributed by atoms with Gasteiger partial charge in [0.05, 0.1) is 0 Å². The molecular formula is C14H20N2O2. The number of benzene rings is 1. The maximum Gasteiger partial charge on any atom is 0.323 e. The van der Waals surface area contributed by atoms with E-state index in [1.807, 2.05) is 12.1 Å². The fourth-order valence-electron chi connectivity index (χ4n) is 2.61. The molecule has 1 fully saturated rings. The first-order chi connectivity index (χ1) is 8.55. The Morgan fingerprint density at radius 1 is 1.28 bits per heavy atom. The maximum atomic E-state index is 11.1. The second-order valence-electron chi connectivity index (χ2n) is 5.18. The molecule has 0 atom stereocenters. The largest absolute Gasteiger partial charge is 0.480 e. The zero-order valence-corrected chi connectivity index (χ0v) is 10.4. The van der Waals surface area contributed by atoms with Crippen molar-refractivity contribution in [1.29, 1.82) is 0 Å². The van der Waals surface area contributed by atoms with E-state index < -0.39 is 11.5 Å². The molecule has 0 radical (unpaired) electrons. The normalized spacial score (nSPS) is 28.0. The molecule has 98 valence electrons. The first-order valence-corrected chi connectivity index (χ1v) is 6.36. The van der Waals surface area contributed by atoms with Crippen molar-refractivity contribution in [3.05, 3.63) is 35.4 Å². The number of carboxylic acid groups (broad SMARTS) is 1. The first-order valence-electron chi connectivity index (χ1n) is 6.36. The second-order valence-corrected chi connectivity index (χ2v) is 5.18. The Balaban J connectivity index is 2.03. The van der Waals surface area contributed by atoms with E-state index in [0.29, 0.717) is 25.3 Å². The van der Waals surface area contributed by atoms with E-state index >= 15 is 0 Å². The van der Waals surface area contributed by atoms with Gasteiger partial charge in [0, 0.05) is 6.54 Å². The molecule has 0 unspecified atom stereocenters. The van der Waals surface area contributed by atoms with Gasteiger partial charge in [-0.25, -0.2) is 0 Å². The topological polar surface area (TPSA) is 89.3 Å². The van der Waals surface area contributed by atoms with Gasteiger partial charge in [-0.3, -0.25) is 4.79 Å². The summed E-state index contributed by atoms with van der Waals surface area (Å²) in [5, 5.41) is 9.08. The van der Waals surface area contributed by atoms with Crippen molar-refractivity contribution in [3.8, 4) is 0 Å². The van der Waals surface area contributed by atoms with Crippen molar-refractivity contribution in [2.45, 2.75) is 43.7 Å². The van der Waals surface area contributed by atoms with Crippen molar-refractivity contribution in [3.63, 3.8) is 0 Å². The van der Waals surface area contributed by atoms with Crippen LogP contribution in [0.15, 0.2) is 24.3 Å². The van der Waals surface area contributed by atoms with Gasteiger partial charge in [-0.05, 0) is 42.7 Å². The smallest absolute Gasteiger partial charge is 0.323 e. The lowest BCUT2D eigenvalue weighted by molar-refractivity contribution is -0.144. The molecule has 0 heterocycles. The Hall–Kier alpha value is -1.39. The molecule has 1 aliphatic rings. The van der Waals surface area contributed by atoms with Crippen LogP contribution in [0, 0.1) is 0 Å². The summed E-state index contributed by atoms with van der Waals surface area (Å²) in [5.74, 6) is -0.452. The summed E-state index contributed by atoms with van der Waals surface area (Å²) < 4.78 is 0. The molecule has 1 saturated carbocycles. The van der Waals surface area contributed by atoms with Gasteiger partial charge in [-0.1, -0.05) is 24.3 Å². The molecular weight excluding hydrogens is 228 g/mol. The van der Waals surface area contributed by atoms with Gasteiger partial charge in [0.2, 0.25) is 0 Å². The summed E-state index contributed by atoms with van der Waals surface area (Å²) in [6.07, 6.45) is 2.77. The van der Waals surface area contributed by atoms with E-state index in [4.69, 9.17) is 16.6 Å². The average molecular weight is 248 g/mol. The molecule has 4 heteroatoms. The summed E-state index contributed by atoms with van der Waals surface area (Å²) in [5.41, 5.74) is 12.8. The minimum Gasteiger partial charge on any atom is -0.480 e. The van der Waals surface area contributed by atoms with Gasteiger partial charge in [0.15, 0.2) is 0 Å². The molecule has 1 aromatic carbocycles. The monoisotopic (exact) mass is 248 g/mol. The number of hydrogen-bond donors (Lipinski definition) is 3. The van der Waals surface area contributed by atoms with Crippen LogP contribution in [0.3, 0.4) is 0 Å². The molecule has 0 aliphatic heterocycles. The molecule has 4 nitrogen and oxygen atoms in total. The molecule has 1 aromatic rings. The Morgan fingerprint density at radius 3 is 2.28 bits per heavy atom. The van der Waals surface area contributed by atoms with Crippen molar-refractivity contribution in [1.82, 2.24) is 0 Å². The highest BCUT2D eigenvalue weighted by atomic mass is 16.4. The molecule has 0 aromatic heterocycles. The molecule has 5 N–H and O–H groups in total. The predicted octanol–water partition coefficient (Wildman–Crippen LogP) is 1.58. The summed E-state index contributed by atoms with van der Waals surface area (Å²) in [7, 11) is 0. The SMILES string of the molecule is NCc1ccc(C2CCC(N)(C(=O)O)CC2)cc1. The minimum absolute atomic E-state index is 0.424. The average Bonchev–Trinajstić information content (AvgIpc) is 2.40. The number of hydrogen-bond acceptors (Lipinski definition) is 3. The Kier molecular flexibility index (Phi) is 3.68. The Morgan fingerprint density at radius 2 is 1.83 bits per heavy atom. The minimum atomic E-state index is -1.02. The van der Waals surface area contributed by atoms with Crippen LogP contribution in [0.25, 0.3) is 0 Å². The third-order valence-corrected chi connectivity index (χ3v) is 3.99. The molecule has 1 aliphatic carbocycles. The zero-order valence-electron chi connectivity index (χ0n) is 10.4. The predicted molar refractivity (Wildman–Crippen MR) is 70.1 cm³/mol. The second kappa shape index (κ2) is 5.08. The van der Waals surface area contributed by atoms with Gasteiger partial charge < -0.3 is 16.6 Å². The highest BCUT2D eigenvalue weighted by Gasteiger charge is 2.38. The number of carbonyl (C=O) groups is 1. The van der Waals surface area contributed by atoms with Crippen LogP contribution in [-0.2, 0) is 11.3 Å². The van der Waals surface area contributed by atoms with E-state index in [1.54, 1.807) is 0 Å². The highest BCUT2D eigenvalue weighted by Crippen LogP contribution is 2.36. The fourth-order valence-corrected chi connectivity index (χ4v) is 2.61. The standard InChI is InChI=1S/C14H20N2O2/c15-9-10-1-3-11(4-2-10)12-5-7-14(16,8-6-12)13(17)18/h1-4,12H,5-9,15-16H2,(H,17,18). The van der Waals surface area contributed by atoms with Gasteiger partial charge in [-0.2, -0.15) is 0 Å². The van der Waals surface area contributed by atoms with Gasteiger partial charge >= 0.3 is 5.97 Å². The van der Waals surface area contributed by atoms with Gasteiger partial charge in [0.25, 0.3) is 0 Å². The van der Waals surface area contributed by atoms with Crippen LogP contribution in [0.1, 0.15) is 42.7 Å². The van der Waals surface area contributed by atoms with E-state index in [9.17, 15) is 4.79 Å². The van der Waals surface area contributed by atoms with E-state index in [0.717, 1.165) is 18.4 Å². The van der Waals surface area contributed by atoms with Crippen molar-refractivity contribution < 1.29 is 9.90 Å². The Bertz CT molecular complexity index is 420. The van der Waals surface area contributed by atoms with E-state index in [2.05, 4.69) is 12.1 Å². The zero-order chi connectivity index (χ0) is 13.2. The third-order valence-electron chi connectivity index (χ3n) is 3.99. The van der Waals surface area contributed by atoms with Crippen LogP contribution in [0.4, 0.5) is 0 Å². The molecule has 2 rings (SSSR count). The number of aliphatic carboxylic acids is 1. The van der Waals surface area contributed by atoms with Crippen molar-refractivity contribution in [2.75, 3.05) is 0 Å². The maximum absolute atomic E-state index is 11.1. The number of nitrogens with two attached hydrogens (primary N) is 2. The fraction of sp³-hybridized carbons (Fsp3) is 0.500. The van der Waals surface area contributed by atoms with E-state index in [1.165, 1.54) is 5.56 Å². The lowest BCUT2D eigenvalue weighted by Crippen LogP contribution is -2.50. The van der Waals surface area contributed by atoms with Crippen LogP contribution in [0.2, 0.25) is 0 Å². The first kappa shape index (κ1) is 13.1. The lowest BCUT2D eigenvalue weighted by atomic mass is 9.74. The van der Waals surface area contributed by atoms with Crippen LogP contribution in [0.5, 0.6) is 0 Å². The van der Waals surface area contributed by atoms with Crippen LogP contribution in [-0.4, -0.2) is 16.6 Å². The van der Waals surface area contributed by atoms with Crippen molar-refractivity contribution in [2.24, 2.45) is 11.5 Å². The summed E-state index contributed by atoms with van der Waals surface area (Å²) in [6.45, 7) is 0.551. The van der Waals surface area contributed by atoms with Crippen LogP contribution < -0.4 is 11.5 Å². The number of rotatable bonds is 3. The van der Waals surface area contributed by atoms with Gasteiger partial charge in [-0.15, -0.1) is 0 Å². The molecule has 0 saturated heterocycles. The molecule has 0 amide bonds. The summed E-state index contributed by atoms with van der Waals surface area (Å²) >= 11 is 0. The summed E-state index contributed by atoms with van der Waals surface area (Å²) in [6, 6.07) is 8.27. The molecule has 0 spiro atoms. The third kappa shape index (κ3) is 2.54. The van der Waals surface area contributed by atoms with E-state index in [-0.39, 0.29) is 0 Å². The van der Waals surface area contributed by atoms with Crippen LogP contribution >= 0.6 is 0 Å². The quantitative estimate of drug-likeness (QED) is 0.757. The Labute approximate surface area is 107 Å². The number of carboxylic acids is 1. The molecule has 18 heavy (non-hydrogen) atoms. The lowest BCUT2D eigenvalue weighted by Gasteiger charge is -2.33.